The van der Waals surface area contributed by atoms with Crippen LogP contribution in [0.4, 0.5) is 18.0 Å². The van der Waals surface area contributed by atoms with Crippen LogP contribution in [0.2, 0.25) is 0 Å². The molecule has 0 aliphatic heterocycles. The maximum atomic E-state index is 13.0. The van der Waals surface area contributed by atoms with Gasteiger partial charge in [0, 0.05) is 11.8 Å². The van der Waals surface area contributed by atoms with Crippen LogP contribution in [0.1, 0.15) is 26.3 Å². The van der Waals surface area contributed by atoms with Crippen LogP contribution < -0.4 is 4.74 Å². The van der Waals surface area contributed by atoms with Crippen molar-refractivity contribution in [2.75, 3.05) is 7.11 Å². The fraction of sp³-hybridized carbons (Fsp3) is 0.353. The summed E-state index contributed by atoms with van der Waals surface area (Å²) in [6.07, 6.45) is -3.74. The minimum atomic E-state index is -4.50. The number of carbonyl (C=O) groups excluding carboxylic acids is 1. The number of carbonyl (C=O) groups is 1. The summed E-state index contributed by atoms with van der Waals surface area (Å²) >= 11 is 0. The Kier molecular flexibility index (Phi) is 4.64. The van der Waals surface area contributed by atoms with E-state index in [1.807, 2.05) is 0 Å². The summed E-state index contributed by atoms with van der Waals surface area (Å²) in [4.78, 5) is 12.3. The van der Waals surface area contributed by atoms with E-state index in [2.05, 4.69) is 0 Å². The highest BCUT2D eigenvalue weighted by Crippen LogP contribution is 2.37. The Morgan fingerprint density at radius 3 is 2.33 bits per heavy atom. The summed E-state index contributed by atoms with van der Waals surface area (Å²) in [5.41, 5.74) is -1.14. The minimum absolute atomic E-state index is 0.156. The zero-order valence-corrected chi connectivity index (χ0v) is 13.8. The van der Waals surface area contributed by atoms with Gasteiger partial charge in [0.05, 0.1) is 18.4 Å². The Bertz CT molecular complexity index is 742. The van der Waals surface area contributed by atoms with Gasteiger partial charge in [0.2, 0.25) is 0 Å². The number of rotatable bonds is 2. The number of ether oxygens (including phenoxy) is 2. The van der Waals surface area contributed by atoms with Gasteiger partial charge in [-0.3, -0.25) is 4.57 Å². The Hall–Kier alpha value is -2.44. The Morgan fingerprint density at radius 2 is 1.79 bits per heavy atom. The Morgan fingerprint density at radius 1 is 1.12 bits per heavy atom. The topological polar surface area (TPSA) is 40.5 Å². The van der Waals surface area contributed by atoms with E-state index in [4.69, 9.17) is 9.47 Å². The van der Waals surface area contributed by atoms with Gasteiger partial charge in [-0.05, 0) is 51.1 Å². The van der Waals surface area contributed by atoms with Crippen LogP contribution in [0.25, 0.3) is 11.3 Å². The van der Waals surface area contributed by atoms with E-state index < -0.39 is 23.4 Å². The van der Waals surface area contributed by atoms with Crippen LogP contribution in [-0.4, -0.2) is 23.4 Å². The molecule has 7 heteroatoms. The first kappa shape index (κ1) is 17.9. The molecule has 0 spiro atoms. The number of benzene rings is 1. The number of hydrogen-bond donors (Lipinski definition) is 0. The fourth-order valence-corrected chi connectivity index (χ4v) is 2.16. The van der Waals surface area contributed by atoms with Crippen LogP contribution >= 0.6 is 0 Å². The molecule has 0 saturated heterocycles. The van der Waals surface area contributed by atoms with E-state index in [1.165, 1.54) is 25.4 Å². The minimum Gasteiger partial charge on any atom is -0.496 e. The molecule has 0 atom stereocenters. The summed E-state index contributed by atoms with van der Waals surface area (Å²) in [5.74, 6) is 0.228. The van der Waals surface area contributed by atoms with E-state index in [9.17, 15) is 18.0 Å². The normalized spacial score (nSPS) is 12.1. The van der Waals surface area contributed by atoms with Gasteiger partial charge in [-0.1, -0.05) is 0 Å². The molecule has 0 radical (unpaired) electrons. The van der Waals surface area contributed by atoms with Gasteiger partial charge in [-0.2, -0.15) is 13.2 Å². The highest BCUT2D eigenvalue weighted by atomic mass is 19.4. The van der Waals surface area contributed by atoms with Crippen molar-refractivity contribution < 1.29 is 27.4 Å². The average molecular weight is 341 g/mol. The lowest BCUT2D eigenvalue weighted by atomic mass is 10.1. The molecule has 24 heavy (non-hydrogen) atoms. The first-order valence-electron chi connectivity index (χ1n) is 7.19. The third kappa shape index (κ3) is 3.90. The molecule has 1 heterocycles. The van der Waals surface area contributed by atoms with Gasteiger partial charge >= 0.3 is 12.3 Å². The number of aromatic nitrogens is 1. The third-order valence-electron chi connectivity index (χ3n) is 3.14. The maximum Gasteiger partial charge on any atom is 0.418 e. The zero-order chi connectivity index (χ0) is 18.1. The van der Waals surface area contributed by atoms with E-state index in [0.29, 0.717) is 0 Å². The van der Waals surface area contributed by atoms with E-state index in [-0.39, 0.29) is 17.0 Å². The predicted molar refractivity (Wildman–Crippen MR) is 83.1 cm³/mol. The van der Waals surface area contributed by atoms with Crippen molar-refractivity contribution in [3.05, 3.63) is 42.1 Å². The van der Waals surface area contributed by atoms with Crippen molar-refractivity contribution in [2.45, 2.75) is 32.5 Å². The first-order chi connectivity index (χ1) is 11.0. The van der Waals surface area contributed by atoms with Crippen LogP contribution in [0.3, 0.4) is 0 Å². The second-order valence-electron chi connectivity index (χ2n) is 6.16. The molecule has 4 nitrogen and oxygen atoms in total. The molecule has 1 aromatic heterocycles. The molecule has 1 aromatic carbocycles. The standard InChI is InChI=1S/C17H18F3NO3/c1-16(2,3)24-15(22)21-9-5-6-13(21)12-10-11(17(18,19)20)7-8-14(12)23-4/h5-10H,1-4H3. The molecule has 2 rings (SSSR count). The quantitative estimate of drug-likeness (QED) is 0.775. The van der Waals surface area contributed by atoms with Gasteiger partial charge in [-0.15, -0.1) is 0 Å². The van der Waals surface area contributed by atoms with Crippen molar-refractivity contribution in [1.82, 2.24) is 4.57 Å². The highest BCUT2D eigenvalue weighted by Gasteiger charge is 2.32. The van der Waals surface area contributed by atoms with Gasteiger partial charge < -0.3 is 9.47 Å². The first-order valence-corrected chi connectivity index (χ1v) is 7.19. The zero-order valence-electron chi connectivity index (χ0n) is 13.8. The van der Waals surface area contributed by atoms with E-state index in [0.717, 1.165) is 16.7 Å². The monoisotopic (exact) mass is 341 g/mol. The van der Waals surface area contributed by atoms with Crippen molar-refractivity contribution in [3.8, 4) is 17.0 Å². The average Bonchev–Trinajstić information content (AvgIpc) is 2.93. The third-order valence-corrected chi connectivity index (χ3v) is 3.14. The molecular formula is C17H18F3NO3. The van der Waals surface area contributed by atoms with Gasteiger partial charge in [0.1, 0.15) is 11.4 Å². The fourth-order valence-electron chi connectivity index (χ4n) is 2.16. The van der Waals surface area contributed by atoms with Gasteiger partial charge in [-0.25, -0.2) is 4.79 Å². The predicted octanol–water partition coefficient (Wildman–Crippen LogP) is 4.97. The second kappa shape index (κ2) is 6.22. The molecule has 2 aromatic rings. The summed E-state index contributed by atoms with van der Waals surface area (Å²) in [6, 6.07) is 6.20. The Balaban J connectivity index is 2.53. The summed E-state index contributed by atoms with van der Waals surface area (Å²) < 4.78 is 50.5. The van der Waals surface area contributed by atoms with Crippen LogP contribution in [0.15, 0.2) is 36.5 Å². The SMILES string of the molecule is COc1ccc(C(F)(F)F)cc1-c1cccn1C(=O)OC(C)(C)C. The van der Waals surface area contributed by atoms with Crippen molar-refractivity contribution in [2.24, 2.45) is 0 Å². The van der Waals surface area contributed by atoms with Crippen LogP contribution in [-0.2, 0) is 10.9 Å². The molecule has 0 aliphatic carbocycles. The molecule has 0 saturated carbocycles. The Labute approximate surface area is 137 Å². The smallest absolute Gasteiger partial charge is 0.418 e. The van der Waals surface area contributed by atoms with Gasteiger partial charge in [0.15, 0.2) is 0 Å². The molecule has 0 aliphatic rings. The number of methoxy groups -OCH3 is 1. The molecule has 0 fully saturated rings. The molecule has 130 valence electrons. The van der Waals surface area contributed by atoms with Crippen molar-refractivity contribution in [1.29, 1.82) is 0 Å². The lowest BCUT2D eigenvalue weighted by Gasteiger charge is -2.21. The van der Waals surface area contributed by atoms with E-state index in [1.54, 1.807) is 26.8 Å². The molecular weight excluding hydrogens is 323 g/mol. The maximum absolute atomic E-state index is 13.0. The number of alkyl halides is 3. The second-order valence-corrected chi connectivity index (χ2v) is 6.16. The molecule has 0 N–H and O–H groups in total. The molecule has 0 unspecified atom stereocenters. The van der Waals surface area contributed by atoms with Gasteiger partial charge in [0.25, 0.3) is 0 Å². The summed E-state index contributed by atoms with van der Waals surface area (Å²) in [5, 5.41) is 0. The van der Waals surface area contributed by atoms with Crippen molar-refractivity contribution in [3.63, 3.8) is 0 Å². The highest BCUT2D eigenvalue weighted by molar-refractivity contribution is 5.81. The van der Waals surface area contributed by atoms with Crippen LogP contribution in [0.5, 0.6) is 5.75 Å². The van der Waals surface area contributed by atoms with Crippen molar-refractivity contribution >= 4 is 6.09 Å². The lowest BCUT2D eigenvalue weighted by molar-refractivity contribution is -0.137. The molecule has 0 bridgehead atoms. The molecule has 0 amide bonds. The van der Waals surface area contributed by atoms with Crippen LogP contribution in [0, 0.1) is 0 Å². The largest absolute Gasteiger partial charge is 0.496 e. The summed E-state index contributed by atoms with van der Waals surface area (Å²) in [6.45, 7) is 5.12. The number of hydrogen-bond acceptors (Lipinski definition) is 3. The lowest BCUT2D eigenvalue weighted by Crippen LogP contribution is -2.27. The number of halogens is 3. The van der Waals surface area contributed by atoms with E-state index >= 15 is 0 Å². The number of nitrogens with zero attached hydrogens (tertiary/aromatic N) is 1. The summed E-state index contributed by atoms with van der Waals surface area (Å²) in [7, 11) is 1.35.